The van der Waals surface area contributed by atoms with E-state index in [2.05, 4.69) is 10.3 Å². The molecule has 1 fully saturated rings. The summed E-state index contributed by atoms with van der Waals surface area (Å²) in [7, 11) is 0. The quantitative estimate of drug-likeness (QED) is 0.186. The van der Waals surface area contributed by atoms with Gasteiger partial charge in [0.15, 0.2) is 10.1 Å². The number of hydrogen-bond donors (Lipinski definition) is 1. The highest BCUT2D eigenvalue weighted by molar-refractivity contribution is 7.99. The molecule has 0 aliphatic carbocycles. The summed E-state index contributed by atoms with van der Waals surface area (Å²) < 4.78 is 41.2. The van der Waals surface area contributed by atoms with Gasteiger partial charge in [0.1, 0.15) is 10.6 Å². The van der Waals surface area contributed by atoms with Crippen molar-refractivity contribution < 1.29 is 22.8 Å². The molecule has 0 radical (unpaired) electrons. The standard InChI is InChI=1S/C23H12ClF3N4O2S3/c24-13-4-6-14(7-5-13)31-20(33)16(18(32)28-21(31)34)11-17-19(29-22-30(17)8-9-35-22)36-15-3-1-2-12(10-15)23(25,26)27/h1-11H,(H,28,32,34)/b16-11+. The summed E-state index contributed by atoms with van der Waals surface area (Å²) in [6.45, 7) is 0. The van der Waals surface area contributed by atoms with Gasteiger partial charge in [0, 0.05) is 21.5 Å². The van der Waals surface area contributed by atoms with Crippen molar-refractivity contribution in [2.24, 2.45) is 0 Å². The van der Waals surface area contributed by atoms with E-state index >= 15 is 0 Å². The van der Waals surface area contributed by atoms with Gasteiger partial charge in [0.25, 0.3) is 11.8 Å². The molecule has 5 rings (SSSR count). The average molecular weight is 565 g/mol. The molecule has 2 aromatic carbocycles. The fourth-order valence-corrected chi connectivity index (χ4v) is 5.59. The number of thiocarbonyl (C=S) groups is 1. The fourth-order valence-electron chi connectivity index (χ4n) is 3.46. The van der Waals surface area contributed by atoms with Crippen LogP contribution in [0.25, 0.3) is 11.0 Å². The molecule has 1 aliphatic heterocycles. The monoisotopic (exact) mass is 564 g/mol. The lowest BCUT2D eigenvalue weighted by atomic mass is 10.1. The zero-order valence-electron chi connectivity index (χ0n) is 17.7. The topological polar surface area (TPSA) is 66.7 Å². The highest BCUT2D eigenvalue weighted by Gasteiger charge is 2.35. The third kappa shape index (κ3) is 4.64. The maximum atomic E-state index is 13.4. The van der Waals surface area contributed by atoms with Gasteiger partial charge in [0.2, 0.25) is 0 Å². The van der Waals surface area contributed by atoms with Crippen LogP contribution in [-0.4, -0.2) is 26.3 Å². The third-order valence-corrected chi connectivity index (χ3v) is 7.39. The van der Waals surface area contributed by atoms with Crippen molar-refractivity contribution in [3.05, 3.63) is 82.0 Å². The van der Waals surface area contributed by atoms with Gasteiger partial charge in [-0.2, -0.15) is 13.2 Å². The van der Waals surface area contributed by atoms with Crippen LogP contribution >= 0.6 is 46.9 Å². The molecule has 182 valence electrons. The lowest BCUT2D eigenvalue weighted by Gasteiger charge is -2.28. The summed E-state index contributed by atoms with van der Waals surface area (Å²) in [6.07, 6.45) is -1.43. The lowest BCUT2D eigenvalue weighted by molar-refractivity contribution is -0.137. The van der Waals surface area contributed by atoms with E-state index in [0.29, 0.717) is 31.3 Å². The number of fused-ring (bicyclic) bond motifs is 1. The van der Waals surface area contributed by atoms with Gasteiger partial charge in [-0.05, 0) is 60.8 Å². The number of amides is 2. The Bertz CT molecular complexity index is 1560. The van der Waals surface area contributed by atoms with E-state index in [-0.39, 0.29) is 10.7 Å². The van der Waals surface area contributed by atoms with Crippen LogP contribution in [0, 0.1) is 0 Å². The normalized spacial score (nSPS) is 15.7. The summed E-state index contributed by atoms with van der Waals surface area (Å²) in [5.41, 5.74) is -0.219. The largest absolute Gasteiger partial charge is 0.416 e. The second-order valence-corrected chi connectivity index (χ2v) is 10.2. The molecule has 2 aromatic heterocycles. The molecule has 0 saturated carbocycles. The van der Waals surface area contributed by atoms with E-state index in [1.807, 2.05) is 0 Å². The Morgan fingerprint density at radius 3 is 2.61 bits per heavy atom. The second-order valence-electron chi connectivity index (χ2n) is 7.42. The van der Waals surface area contributed by atoms with Gasteiger partial charge in [-0.25, -0.2) is 4.98 Å². The SMILES string of the molecule is O=C1NC(=S)N(c2ccc(Cl)cc2)C(=O)/C1=C/c1c(Sc2cccc(C(F)(F)F)c2)nc2sccn12. The number of halogens is 4. The lowest BCUT2D eigenvalue weighted by Crippen LogP contribution is -2.54. The smallest absolute Gasteiger partial charge is 0.298 e. The number of nitrogens with zero attached hydrogens (tertiary/aromatic N) is 3. The summed E-state index contributed by atoms with van der Waals surface area (Å²) in [5.74, 6) is -1.36. The molecule has 13 heteroatoms. The Morgan fingerprint density at radius 1 is 1.14 bits per heavy atom. The van der Waals surface area contributed by atoms with Crippen LogP contribution in [0.1, 0.15) is 11.3 Å². The number of aromatic nitrogens is 2. The van der Waals surface area contributed by atoms with Crippen LogP contribution in [-0.2, 0) is 15.8 Å². The van der Waals surface area contributed by atoms with Crippen molar-refractivity contribution in [3.63, 3.8) is 0 Å². The number of nitrogens with one attached hydrogen (secondary N) is 1. The fraction of sp³-hybridized carbons (Fsp3) is 0.0435. The van der Waals surface area contributed by atoms with Crippen molar-refractivity contribution in [2.45, 2.75) is 16.1 Å². The molecular weight excluding hydrogens is 553 g/mol. The van der Waals surface area contributed by atoms with Crippen molar-refractivity contribution in [2.75, 3.05) is 4.90 Å². The number of carbonyl (C=O) groups is 2. The molecule has 0 bridgehead atoms. The van der Waals surface area contributed by atoms with Crippen LogP contribution < -0.4 is 10.2 Å². The summed E-state index contributed by atoms with van der Waals surface area (Å²) in [6, 6.07) is 11.2. The third-order valence-electron chi connectivity index (χ3n) is 5.11. The molecule has 36 heavy (non-hydrogen) atoms. The van der Waals surface area contributed by atoms with Gasteiger partial charge in [-0.1, -0.05) is 29.4 Å². The zero-order valence-corrected chi connectivity index (χ0v) is 21.0. The Morgan fingerprint density at radius 2 is 1.89 bits per heavy atom. The number of carbonyl (C=O) groups excluding carboxylic acids is 2. The Labute approximate surface area is 220 Å². The Balaban J connectivity index is 1.56. The highest BCUT2D eigenvalue weighted by Crippen LogP contribution is 2.37. The predicted octanol–water partition coefficient (Wildman–Crippen LogP) is 6.05. The highest BCUT2D eigenvalue weighted by atomic mass is 35.5. The number of anilines is 1. The van der Waals surface area contributed by atoms with E-state index in [4.69, 9.17) is 23.8 Å². The average Bonchev–Trinajstić information content (AvgIpc) is 3.39. The van der Waals surface area contributed by atoms with Crippen molar-refractivity contribution >= 4 is 80.6 Å². The molecule has 0 atom stereocenters. The molecule has 0 spiro atoms. The first kappa shape index (κ1) is 24.5. The number of benzene rings is 2. The first-order valence-electron chi connectivity index (χ1n) is 10.1. The number of hydrogen-bond acceptors (Lipinski definition) is 6. The van der Waals surface area contributed by atoms with Gasteiger partial charge in [-0.15, -0.1) is 11.3 Å². The van der Waals surface area contributed by atoms with Crippen LogP contribution in [0.5, 0.6) is 0 Å². The van der Waals surface area contributed by atoms with E-state index in [0.717, 1.165) is 23.9 Å². The number of alkyl halides is 3. The van der Waals surface area contributed by atoms with Crippen LogP contribution in [0.4, 0.5) is 18.9 Å². The number of rotatable bonds is 4. The van der Waals surface area contributed by atoms with E-state index in [1.165, 1.54) is 34.4 Å². The second kappa shape index (κ2) is 9.36. The minimum Gasteiger partial charge on any atom is -0.298 e. The minimum absolute atomic E-state index is 0.0861. The Hall–Kier alpha value is -3.19. The van der Waals surface area contributed by atoms with E-state index < -0.39 is 23.6 Å². The molecule has 3 heterocycles. The molecule has 1 saturated heterocycles. The molecular formula is C23H12ClF3N4O2S3. The number of thiazole rings is 1. The first-order valence-corrected chi connectivity index (χ1v) is 12.6. The van der Waals surface area contributed by atoms with Gasteiger partial charge in [0.05, 0.1) is 16.9 Å². The van der Waals surface area contributed by atoms with E-state index in [9.17, 15) is 22.8 Å². The predicted molar refractivity (Wildman–Crippen MR) is 136 cm³/mol. The number of imidazole rings is 1. The van der Waals surface area contributed by atoms with Gasteiger partial charge >= 0.3 is 6.18 Å². The van der Waals surface area contributed by atoms with Crippen molar-refractivity contribution in [1.82, 2.24) is 14.7 Å². The van der Waals surface area contributed by atoms with Gasteiger partial charge in [-0.3, -0.25) is 24.2 Å². The summed E-state index contributed by atoms with van der Waals surface area (Å²) in [5, 5.41) is 4.98. The Kier molecular flexibility index (Phi) is 6.37. The summed E-state index contributed by atoms with van der Waals surface area (Å²) in [4.78, 5) is 32.7. The van der Waals surface area contributed by atoms with Crippen molar-refractivity contribution in [1.29, 1.82) is 0 Å². The maximum absolute atomic E-state index is 13.4. The van der Waals surface area contributed by atoms with Crippen molar-refractivity contribution in [3.8, 4) is 0 Å². The first-order chi connectivity index (χ1) is 17.1. The summed E-state index contributed by atoms with van der Waals surface area (Å²) >= 11 is 13.5. The van der Waals surface area contributed by atoms with E-state index in [1.54, 1.807) is 40.2 Å². The van der Waals surface area contributed by atoms with Gasteiger partial charge < -0.3 is 0 Å². The maximum Gasteiger partial charge on any atom is 0.416 e. The molecule has 0 unspecified atom stereocenters. The molecule has 1 N–H and O–H groups in total. The minimum atomic E-state index is -4.49. The van der Waals surface area contributed by atoms with Crippen LogP contribution in [0.15, 0.2) is 75.6 Å². The molecule has 1 aliphatic rings. The molecule has 6 nitrogen and oxygen atoms in total. The molecule has 4 aromatic rings. The zero-order chi connectivity index (χ0) is 25.6. The molecule has 2 amide bonds. The van der Waals surface area contributed by atoms with Crippen LogP contribution in [0.3, 0.4) is 0 Å². The van der Waals surface area contributed by atoms with Crippen LogP contribution in [0.2, 0.25) is 5.02 Å².